The third kappa shape index (κ3) is 2.18. The van der Waals surface area contributed by atoms with Crippen molar-refractivity contribution in [3.05, 3.63) is 78.1 Å². The maximum absolute atomic E-state index is 4.16. The minimum absolute atomic E-state index is 0.978. The van der Waals surface area contributed by atoms with Crippen LogP contribution in [0.3, 0.4) is 0 Å². The Hall–Kier alpha value is -2.15. The zero-order valence-corrected chi connectivity index (χ0v) is 9.51. The van der Waals surface area contributed by atoms with Gasteiger partial charge < -0.3 is 0 Å². The lowest BCUT2D eigenvalue weighted by atomic mass is 10.0. The van der Waals surface area contributed by atoms with Crippen molar-refractivity contribution >= 4 is 10.8 Å². The molecule has 0 bridgehead atoms. The fraction of sp³-hybridized carbons (Fsp3) is 0.0625. The molecule has 0 saturated heterocycles. The zero-order chi connectivity index (χ0) is 11.5. The molecule has 0 amide bonds. The Kier molecular flexibility index (Phi) is 2.59. The Morgan fingerprint density at radius 2 is 1.65 bits per heavy atom. The monoisotopic (exact) mass is 219 g/mol. The molecule has 0 N–H and O–H groups in total. The fourth-order valence-corrected chi connectivity index (χ4v) is 2.08. The fourth-order valence-electron chi connectivity index (χ4n) is 2.08. The van der Waals surface area contributed by atoms with Crippen LogP contribution in [0.25, 0.3) is 10.8 Å². The number of benzene rings is 2. The van der Waals surface area contributed by atoms with Gasteiger partial charge >= 0.3 is 0 Å². The predicted molar refractivity (Wildman–Crippen MR) is 71.0 cm³/mol. The largest absolute Gasteiger partial charge is 0.264 e. The maximum atomic E-state index is 4.16. The van der Waals surface area contributed by atoms with Crippen molar-refractivity contribution in [1.82, 2.24) is 4.98 Å². The predicted octanol–water partition coefficient (Wildman–Crippen LogP) is 3.83. The minimum atomic E-state index is 0.978. The van der Waals surface area contributed by atoms with E-state index in [2.05, 4.69) is 47.4 Å². The molecule has 0 unspecified atom stereocenters. The van der Waals surface area contributed by atoms with Crippen molar-refractivity contribution in [2.45, 2.75) is 6.42 Å². The molecule has 0 spiro atoms. The highest BCUT2D eigenvalue weighted by molar-refractivity contribution is 5.82. The average molecular weight is 219 g/mol. The topological polar surface area (TPSA) is 12.9 Å². The van der Waals surface area contributed by atoms with Crippen molar-refractivity contribution in [2.24, 2.45) is 0 Å². The lowest BCUT2D eigenvalue weighted by Gasteiger charge is -2.03. The third-order valence-electron chi connectivity index (χ3n) is 2.96. The van der Waals surface area contributed by atoms with E-state index in [4.69, 9.17) is 0 Å². The van der Waals surface area contributed by atoms with Crippen LogP contribution in [0, 0.1) is 0 Å². The lowest BCUT2D eigenvalue weighted by molar-refractivity contribution is 1.20. The highest BCUT2D eigenvalue weighted by Crippen LogP contribution is 2.17. The molecule has 1 nitrogen and oxygen atoms in total. The van der Waals surface area contributed by atoms with Crippen molar-refractivity contribution in [3.8, 4) is 0 Å². The number of nitrogens with zero attached hydrogens (tertiary/aromatic N) is 1. The van der Waals surface area contributed by atoms with Crippen molar-refractivity contribution in [2.75, 3.05) is 0 Å². The van der Waals surface area contributed by atoms with Gasteiger partial charge in [0.25, 0.3) is 0 Å². The van der Waals surface area contributed by atoms with Crippen LogP contribution in [0.4, 0.5) is 0 Å². The molecular formula is C16H13N. The molecular weight excluding hydrogens is 206 g/mol. The molecule has 0 atom stereocenters. The smallest absolute Gasteiger partial charge is 0.0346 e. The second-order valence-electron chi connectivity index (χ2n) is 4.22. The van der Waals surface area contributed by atoms with Gasteiger partial charge in [-0.1, -0.05) is 42.5 Å². The molecule has 0 fully saturated rings. The SMILES string of the molecule is c1ccc(Cc2ccc3ccncc3c2)cc1. The van der Waals surface area contributed by atoms with Crippen molar-refractivity contribution in [1.29, 1.82) is 0 Å². The molecule has 0 aliphatic rings. The summed E-state index contributed by atoms with van der Waals surface area (Å²) < 4.78 is 0. The van der Waals surface area contributed by atoms with Crippen LogP contribution < -0.4 is 0 Å². The van der Waals surface area contributed by atoms with Gasteiger partial charge in [0.15, 0.2) is 0 Å². The maximum Gasteiger partial charge on any atom is 0.0346 e. The first kappa shape index (κ1) is 10.0. The molecule has 1 heteroatoms. The van der Waals surface area contributed by atoms with Gasteiger partial charge in [-0.25, -0.2) is 0 Å². The normalized spacial score (nSPS) is 10.6. The Morgan fingerprint density at radius 3 is 2.53 bits per heavy atom. The number of aromatic nitrogens is 1. The van der Waals surface area contributed by atoms with Crippen LogP contribution in [-0.4, -0.2) is 4.98 Å². The molecule has 3 aromatic rings. The second-order valence-corrected chi connectivity index (χ2v) is 4.22. The number of hydrogen-bond donors (Lipinski definition) is 0. The van der Waals surface area contributed by atoms with Crippen LogP contribution >= 0.6 is 0 Å². The summed E-state index contributed by atoms with van der Waals surface area (Å²) >= 11 is 0. The summed E-state index contributed by atoms with van der Waals surface area (Å²) in [6.45, 7) is 0. The molecule has 2 aromatic carbocycles. The summed E-state index contributed by atoms with van der Waals surface area (Å²) in [4.78, 5) is 4.16. The van der Waals surface area contributed by atoms with E-state index in [-0.39, 0.29) is 0 Å². The van der Waals surface area contributed by atoms with E-state index in [0.717, 1.165) is 6.42 Å². The molecule has 0 radical (unpaired) electrons. The van der Waals surface area contributed by atoms with E-state index < -0.39 is 0 Å². The first-order valence-electron chi connectivity index (χ1n) is 5.78. The van der Waals surface area contributed by atoms with E-state index in [9.17, 15) is 0 Å². The van der Waals surface area contributed by atoms with Gasteiger partial charge in [0.1, 0.15) is 0 Å². The van der Waals surface area contributed by atoms with E-state index in [0.29, 0.717) is 0 Å². The molecule has 1 heterocycles. The Balaban J connectivity index is 1.96. The number of fused-ring (bicyclic) bond motifs is 1. The number of hydrogen-bond acceptors (Lipinski definition) is 1. The van der Waals surface area contributed by atoms with Gasteiger partial charge in [0, 0.05) is 17.8 Å². The van der Waals surface area contributed by atoms with Crippen molar-refractivity contribution < 1.29 is 0 Å². The van der Waals surface area contributed by atoms with Crippen LogP contribution in [0.15, 0.2) is 67.0 Å². The van der Waals surface area contributed by atoms with Crippen LogP contribution in [0.1, 0.15) is 11.1 Å². The van der Waals surface area contributed by atoms with Gasteiger partial charge in [-0.2, -0.15) is 0 Å². The van der Waals surface area contributed by atoms with E-state index in [1.807, 2.05) is 24.5 Å². The van der Waals surface area contributed by atoms with E-state index >= 15 is 0 Å². The van der Waals surface area contributed by atoms with Gasteiger partial charge in [-0.3, -0.25) is 4.98 Å². The first-order chi connectivity index (χ1) is 8.42. The van der Waals surface area contributed by atoms with Crippen molar-refractivity contribution in [3.63, 3.8) is 0 Å². The molecule has 1 aromatic heterocycles. The van der Waals surface area contributed by atoms with E-state index in [1.165, 1.54) is 21.9 Å². The summed E-state index contributed by atoms with van der Waals surface area (Å²) in [5, 5.41) is 2.46. The first-order valence-corrected chi connectivity index (χ1v) is 5.78. The second kappa shape index (κ2) is 4.38. The highest BCUT2D eigenvalue weighted by atomic mass is 14.6. The van der Waals surface area contributed by atoms with Crippen LogP contribution in [0.2, 0.25) is 0 Å². The zero-order valence-electron chi connectivity index (χ0n) is 9.51. The quantitative estimate of drug-likeness (QED) is 0.638. The summed E-state index contributed by atoms with van der Waals surface area (Å²) in [6.07, 6.45) is 4.73. The van der Waals surface area contributed by atoms with Gasteiger partial charge in [0.05, 0.1) is 0 Å². The van der Waals surface area contributed by atoms with E-state index in [1.54, 1.807) is 0 Å². The van der Waals surface area contributed by atoms with Crippen LogP contribution in [0.5, 0.6) is 0 Å². The Bertz CT molecular complexity index is 629. The lowest BCUT2D eigenvalue weighted by Crippen LogP contribution is -1.87. The van der Waals surface area contributed by atoms with Crippen LogP contribution in [-0.2, 0) is 6.42 Å². The number of rotatable bonds is 2. The molecule has 0 aliphatic carbocycles. The highest BCUT2D eigenvalue weighted by Gasteiger charge is 1.98. The molecule has 0 saturated carbocycles. The summed E-state index contributed by atoms with van der Waals surface area (Å²) in [5.41, 5.74) is 2.67. The summed E-state index contributed by atoms with van der Waals surface area (Å²) in [6, 6.07) is 19.1. The number of pyridine rings is 1. The Labute approximate surface area is 101 Å². The molecule has 0 aliphatic heterocycles. The summed E-state index contributed by atoms with van der Waals surface area (Å²) in [5.74, 6) is 0. The molecule has 3 rings (SSSR count). The van der Waals surface area contributed by atoms with Gasteiger partial charge in [-0.15, -0.1) is 0 Å². The molecule has 82 valence electrons. The Morgan fingerprint density at radius 1 is 0.765 bits per heavy atom. The van der Waals surface area contributed by atoms with Gasteiger partial charge in [0.2, 0.25) is 0 Å². The standard InChI is InChI=1S/C16H13N/c1-2-4-13(5-3-1)10-14-6-7-15-8-9-17-12-16(15)11-14/h1-9,11-12H,10H2. The molecule has 17 heavy (non-hydrogen) atoms. The third-order valence-corrected chi connectivity index (χ3v) is 2.96. The average Bonchev–Trinajstić information content (AvgIpc) is 2.40. The minimum Gasteiger partial charge on any atom is -0.264 e. The summed E-state index contributed by atoms with van der Waals surface area (Å²) in [7, 11) is 0. The van der Waals surface area contributed by atoms with Gasteiger partial charge in [-0.05, 0) is 35.1 Å².